The molecule has 190 valence electrons. The van der Waals surface area contributed by atoms with Gasteiger partial charge in [-0.25, -0.2) is 0 Å². The minimum absolute atomic E-state index is 0.00543. The molecule has 2 heterocycles. The van der Waals surface area contributed by atoms with E-state index in [4.69, 9.17) is 0 Å². The van der Waals surface area contributed by atoms with Gasteiger partial charge in [-0.3, -0.25) is 34.1 Å². The lowest BCUT2D eigenvalue weighted by Crippen LogP contribution is -2.33. The molecule has 1 aromatic heterocycles. The quantitative estimate of drug-likeness (QED) is 0.491. The number of fused-ring (bicyclic) bond motifs is 2. The van der Waals surface area contributed by atoms with Crippen LogP contribution in [0.2, 0.25) is 0 Å². The number of aliphatic carboxylic acids is 3. The molecule has 2 rings (SSSR count). The van der Waals surface area contributed by atoms with Crippen LogP contribution in [0, 0.1) is 0 Å². The van der Waals surface area contributed by atoms with Crippen molar-refractivity contribution in [3.05, 3.63) is 28.0 Å². The molecule has 0 radical (unpaired) electrons. The number of carbonyl (C=O) groups is 3. The molecule has 0 atom stereocenters. The summed E-state index contributed by atoms with van der Waals surface area (Å²) in [6.45, 7) is 3.14. The fraction of sp³-hybridized carbons (Fsp3) is 0.652. The summed E-state index contributed by atoms with van der Waals surface area (Å²) in [5.74, 6) is -2.66. The van der Waals surface area contributed by atoms with E-state index in [0.29, 0.717) is 39.3 Å². The Hall–Kier alpha value is -2.08. The number of hydrogen-bond acceptors (Lipinski definition) is 7. The van der Waals surface area contributed by atoms with E-state index in [2.05, 4.69) is 20.9 Å². The molecule has 0 saturated carbocycles. The number of pyridine rings is 1. The van der Waals surface area contributed by atoms with Crippen molar-refractivity contribution in [3.8, 4) is 0 Å². The molecule has 0 unspecified atom stereocenters. The molecule has 0 aliphatic carbocycles. The van der Waals surface area contributed by atoms with E-state index in [0.717, 1.165) is 54.4 Å². The van der Waals surface area contributed by atoms with E-state index in [1.807, 2.05) is 26.8 Å². The summed E-state index contributed by atoms with van der Waals surface area (Å²) in [5, 5.41) is 27.9. The Kier molecular flexibility index (Phi) is 12.4. The molecule has 0 amide bonds. The number of hydrogen-bond donors (Lipinski definition) is 3. The predicted molar refractivity (Wildman–Crippen MR) is 130 cm³/mol. The van der Waals surface area contributed by atoms with E-state index >= 15 is 0 Å². The van der Waals surface area contributed by atoms with Gasteiger partial charge in [-0.1, -0.05) is 28.8 Å². The first kappa shape index (κ1) is 28.2. The number of aromatic nitrogens is 1. The van der Waals surface area contributed by atoms with Crippen LogP contribution in [0.5, 0.6) is 0 Å². The van der Waals surface area contributed by atoms with Gasteiger partial charge in [0.05, 0.1) is 31.0 Å². The van der Waals surface area contributed by atoms with E-state index < -0.39 is 17.9 Å². The number of rotatable bonds is 6. The van der Waals surface area contributed by atoms with E-state index in [1.54, 1.807) is 0 Å². The number of carboxylic acid groups (broad SMARTS) is 3. The molecule has 0 fully saturated rings. The second-order valence-electron chi connectivity index (χ2n) is 8.77. The van der Waals surface area contributed by atoms with Crippen molar-refractivity contribution in [1.29, 1.82) is 0 Å². The van der Waals surface area contributed by atoms with Crippen molar-refractivity contribution in [3.63, 3.8) is 0 Å². The summed E-state index contributed by atoms with van der Waals surface area (Å²) in [4.78, 5) is 44.3. The van der Waals surface area contributed by atoms with Crippen molar-refractivity contribution in [2.24, 2.45) is 0 Å². The van der Waals surface area contributed by atoms with E-state index in [9.17, 15) is 29.7 Å². The summed E-state index contributed by atoms with van der Waals surface area (Å²) < 4.78 is 0.825. The Bertz CT molecular complexity index is 770. The Morgan fingerprint density at radius 3 is 1.41 bits per heavy atom. The average Bonchev–Trinajstić information content (AvgIpc) is 2.70. The maximum absolute atomic E-state index is 11.4. The second kappa shape index (κ2) is 15.0. The number of nitrogens with zero attached hydrogens (tertiary/aromatic N) is 4. The molecule has 1 aliphatic heterocycles. The van der Waals surface area contributed by atoms with Crippen molar-refractivity contribution in [2.45, 2.75) is 51.6 Å². The monoisotopic (exact) mass is 542 g/mol. The Morgan fingerprint density at radius 2 is 1.03 bits per heavy atom. The second-order valence-corrected chi connectivity index (χ2v) is 9.68. The van der Waals surface area contributed by atoms with Crippen molar-refractivity contribution in [2.75, 3.05) is 45.8 Å². The molecular formula is C23H35BrN4O6. The fourth-order valence-electron chi connectivity index (χ4n) is 4.20. The smallest absolute Gasteiger partial charge is 0.317 e. The van der Waals surface area contributed by atoms with Crippen molar-refractivity contribution < 1.29 is 29.7 Å². The van der Waals surface area contributed by atoms with Gasteiger partial charge < -0.3 is 15.3 Å². The molecule has 0 spiro atoms. The highest BCUT2D eigenvalue weighted by Crippen LogP contribution is 2.17. The molecule has 3 N–H and O–H groups in total. The third kappa shape index (κ3) is 11.9. The Labute approximate surface area is 208 Å². The van der Waals surface area contributed by atoms with Crippen LogP contribution in [0.1, 0.15) is 49.9 Å². The molecule has 11 heteroatoms. The van der Waals surface area contributed by atoms with Gasteiger partial charge >= 0.3 is 17.9 Å². The molecular weight excluding hydrogens is 508 g/mol. The summed E-state index contributed by atoms with van der Waals surface area (Å²) in [7, 11) is 0. The van der Waals surface area contributed by atoms with E-state index in [-0.39, 0.29) is 19.6 Å². The molecule has 34 heavy (non-hydrogen) atoms. The molecule has 1 aromatic rings. The summed E-state index contributed by atoms with van der Waals surface area (Å²) in [6, 6.07) is 3.73. The van der Waals surface area contributed by atoms with Gasteiger partial charge in [-0.05, 0) is 64.0 Å². The lowest BCUT2D eigenvalue weighted by molar-refractivity contribution is -0.139. The average molecular weight is 543 g/mol. The first-order valence-electron chi connectivity index (χ1n) is 11.7. The SMILES string of the molecule is O=C(O)CN1CCCCCN(CC(=O)O)Cc2cc(Br)cc(n2)CN(CC(=O)O)CCCCC1. The van der Waals surface area contributed by atoms with Crippen LogP contribution in [0.3, 0.4) is 0 Å². The molecule has 0 aromatic carbocycles. The maximum atomic E-state index is 11.4. The van der Waals surface area contributed by atoms with Crippen molar-refractivity contribution in [1.82, 2.24) is 19.7 Å². The molecule has 10 nitrogen and oxygen atoms in total. The summed E-state index contributed by atoms with van der Waals surface area (Å²) >= 11 is 3.51. The maximum Gasteiger partial charge on any atom is 0.317 e. The third-order valence-corrected chi connectivity index (χ3v) is 6.10. The molecule has 2 bridgehead atoms. The highest BCUT2D eigenvalue weighted by Gasteiger charge is 2.16. The number of halogens is 1. The largest absolute Gasteiger partial charge is 0.480 e. The normalized spacial score (nSPS) is 18.6. The van der Waals surface area contributed by atoms with E-state index in [1.165, 1.54) is 0 Å². The van der Waals surface area contributed by atoms with Crippen molar-refractivity contribution >= 4 is 33.8 Å². The van der Waals surface area contributed by atoms with Gasteiger partial charge in [-0.2, -0.15) is 0 Å². The van der Waals surface area contributed by atoms with Crippen LogP contribution in [-0.4, -0.2) is 98.7 Å². The molecule has 1 aliphatic rings. The van der Waals surface area contributed by atoms with Crippen LogP contribution in [0.4, 0.5) is 0 Å². The van der Waals surface area contributed by atoms with Crippen LogP contribution in [0.15, 0.2) is 16.6 Å². The minimum atomic E-state index is -0.905. The standard InChI is InChI=1S/C23H35BrN4O6/c24-18-11-19-13-27(16-22(31)32)9-5-1-3-7-26(15-21(29)30)8-4-2-6-10-28(17-23(33)34)14-20(12-18)25-19/h11-12H,1-10,13-17H2,(H,29,30)(H,31,32)(H,33,34). The third-order valence-electron chi connectivity index (χ3n) is 5.64. The predicted octanol–water partition coefficient (Wildman–Crippen LogP) is 2.36. The highest BCUT2D eigenvalue weighted by atomic mass is 79.9. The summed E-state index contributed by atoms with van der Waals surface area (Å²) in [5.41, 5.74) is 1.46. The number of carboxylic acids is 3. The highest BCUT2D eigenvalue weighted by molar-refractivity contribution is 9.10. The Morgan fingerprint density at radius 1 is 0.676 bits per heavy atom. The van der Waals surface area contributed by atoms with Gasteiger partial charge in [0.2, 0.25) is 0 Å². The Balaban J connectivity index is 2.18. The fourth-order valence-corrected chi connectivity index (χ4v) is 4.72. The lowest BCUT2D eigenvalue weighted by Gasteiger charge is -2.24. The summed E-state index contributed by atoms with van der Waals surface area (Å²) in [6.07, 6.45) is 5.07. The van der Waals surface area contributed by atoms with Crippen LogP contribution in [0.25, 0.3) is 0 Å². The van der Waals surface area contributed by atoms with Gasteiger partial charge in [0.15, 0.2) is 0 Å². The van der Waals surface area contributed by atoms with Gasteiger partial charge in [-0.15, -0.1) is 0 Å². The first-order chi connectivity index (χ1) is 16.2. The van der Waals surface area contributed by atoms with Crippen LogP contribution < -0.4 is 0 Å². The zero-order valence-corrected chi connectivity index (χ0v) is 21.1. The minimum Gasteiger partial charge on any atom is -0.480 e. The van der Waals surface area contributed by atoms with Gasteiger partial charge in [0, 0.05) is 17.6 Å². The zero-order valence-electron chi connectivity index (χ0n) is 19.5. The van der Waals surface area contributed by atoms with Gasteiger partial charge in [0.1, 0.15) is 0 Å². The topological polar surface area (TPSA) is 135 Å². The van der Waals surface area contributed by atoms with Crippen LogP contribution in [-0.2, 0) is 27.5 Å². The molecule has 0 saturated heterocycles. The van der Waals surface area contributed by atoms with Gasteiger partial charge in [0.25, 0.3) is 0 Å². The first-order valence-corrected chi connectivity index (χ1v) is 12.5. The zero-order chi connectivity index (χ0) is 24.9. The lowest BCUT2D eigenvalue weighted by atomic mass is 10.1. The van der Waals surface area contributed by atoms with Crippen LogP contribution >= 0.6 is 15.9 Å².